The van der Waals surface area contributed by atoms with E-state index < -0.39 is 0 Å². The molecule has 0 aromatic carbocycles. The summed E-state index contributed by atoms with van der Waals surface area (Å²) >= 11 is 6.43. The van der Waals surface area contributed by atoms with E-state index in [1.165, 1.54) is 0 Å². The standard InChI is InChI=1S/C11H15ClN6.CH4/c1-7-14-15-11(17(7)2)10-9(12)8-6-13-4-3-5-18(8)16-10;/h13H,3-6H2,1-2H3;1H4. The molecule has 0 unspecified atom stereocenters. The van der Waals surface area contributed by atoms with E-state index in [4.69, 9.17) is 11.6 Å². The number of fused-ring (bicyclic) bond motifs is 1. The average molecular weight is 283 g/mol. The predicted octanol–water partition coefficient (Wildman–Crippen LogP) is 1.77. The zero-order chi connectivity index (χ0) is 12.7. The third kappa shape index (κ3) is 2.26. The molecule has 1 aliphatic rings. The fraction of sp³-hybridized carbons (Fsp3) is 0.583. The summed E-state index contributed by atoms with van der Waals surface area (Å²) in [7, 11) is 1.92. The van der Waals surface area contributed by atoms with E-state index in [0.717, 1.165) is 49.1 Å². The van der Waals surface area contributed by atoms with Gasteiger partial charge in [0.15, 0.2) is 5.82 Å². The van der Waals surface area contributed by atoms with Crippen LogP contribution in [0.1, 0.15) is 25.4 Å². The van der Waals surface area contributed by atoms with Crippen LogP contribution in [0.3, 0.4) is 0 Å². The fourth-order valence-electron chi connectivity index (χ4n) is 2.15. The van der Waals surface area contributed by atoms with Crippen molar-refractivity contribution in [2.45, 2.75) is 33.9 Å². The Labute approximate surface area is 117 Å². The Morgan fingerprint density at radius 3 is 2.79 bits per heavy atom. The van der Waals surface area contributed by atoms with E-state index in [9.17, 15) is 0 Å². The summed E-state index contributed by atoms with van der Waals surface area (Å²) in [5.74, 6) is 1.57. The molecule has 0 aliphatic carbocycles. The topological polar surface area (TPSA) is 60.6 Å². The van der Waals surface area contributed by atoms with Crippen molar-refractivity contribution in [3.63, 3.8) is 0 Å². The molecule has 3 rings (SSSR count). The van der Waals surface area contributed by atoms with Crippen molar-refractivity contribution < 1.29 is 0 Å². The van der Waals surface area contributed by atoms with Crippen LogP contribution in [0.25, 0.3) is 11.5 Å². The lowest BCUT2D eigenvalue weighted by molar-refractivity contribution is 0.588. The molecule has 0 fully saturated rings. The second-order valence-electron chi connectivity index (χ2n) is 4.49. The van der Waals surface area contributed by atoms with Crippen molar-refractivity contribution in [3.05, 3.63) is 16.5 Å². The van der Waals surface area contributed by atoms with Gasteiger partial charge in [0, 0.05) is 20.1 Å². The molecule has 104 valence electrons. The molecule has 7 heteroatoms. The first kappa shape index (κ1) is 14.0. The van der Waals surface area contributed by atoms with Crippen LogP contribution in [0.5, 0.6) is 0 Å². The number of hydrogen-bond acceptors (Lipinski definition) is 4. The molecule has 0 spiro atoms. The van der Waals surface area contributed by atoms with Gasteiger partial charge in [-0.2, -0.15) is 5.10 Å². The summed E-state index contributed by atoms with van der Waals surface area (Å²) in [5.41, 5.74) is 1.75. The molecule has 2 aromatic heterocycles. The Kier molecular flexibility index (Phi) is 3.91. The average Bonchev–Trinajstić information content (AvgIpc) is 2.74. The molecule has 6 nitrogen and oxygen atoms in total. The predicted molar refractivity (Wildman–Crippen MR) is 75.0 cm³/mol. The Morgan fingerprint density at radius 1 is 1.32 bits per heavy atom. The van der Waals surface area contributed by atoms with Crippen molar-refractivity contribution in [3.8, 4) is 11.5 Å². The highest BCUT2D eigenvalue weighted by atomic mass is 35.5. The van der Waals surface area contributed by atoms with Crippen molar-refractivity contribution in [2.75, 3.05) is 6.54 Å². The van der Waals surface area contributed by atoms with Crippen LogP contribution in [-0.2, 0) is 20.1 Å². The number of nitrogens with zero attached hydrogens (tertiary/aromatic N) is 5. The maximum Gasteiger partial charge on any atom is 0.185 e. The van der Waals surface area contributed by atoms with Gasteiger partial charge < -0.3 is 9.88 Å². The van der Waals surface area contributed by atoms with Crippen LogP contribution in [0.2, 0.25) is 5.02 Å². The Bertz CT molecular complexity index is 585. The summed E-state index contributed by atoms with van der Waals surface area (Å²) in [6.45, 7) is 4.55. The summed E-state index contributed by atoms with van der Waals surface area (Å²) in [4.78, 5) is 0. The van der Waals surface area contributed by atoms with Crippen molar-refractivity contribution >= 4 is 11.6 Å². The van der Waals surface area contributed by atoms with Gasteiger partial charge in [-0.1, -0.05) is 19.0 Å². The molecule has 1 aliphatic heterocycles. The van der Waals surface area contributed by atoms with Gasteiger partial charge in [-0.3, -0.25) is 4.68 Å². The van der Waals surface area contributed by atoms with Gasteiger partial charge in [0.1, 0.15) is 11.5 Å². The zero-order valence-electron chi connectivity index (χ0n) is 10.4. The number of aromatic nitrogens is 5. The molecule has 19 heavy (non-hydrogen) atoms. The van der Waals surface area contributed by atoms with Gasteiger partial charge in [-0.15, -0.1) is 10.2 Å². The molecule has 1 N–H and O–H groups in total. The maximum absolute atomic E-state index is 6.43. The molecule has 0 amide bonds. The normalized spacial score (nSPS) is 14.7. The lowest BCUT2D eigenvalue weighted by atomic mass is 10.3. The van der Waals surface area contributed by atoms with Crippen LogP contribution in [0, 0.1) is 6.92 Å². The summed E-state index contributed by atoms with van der Waals surface area (Å²) in [6, 6.07) is 0. The third-order valence-corrected chi connectivity index (χ3v) is 3.71. The highest BCUT2D eigenvalue weighted by Crippen LogP contribution is 2.29. The number of aryl methyl sites for hydroxylation is 2. The SMILES string of the molecule is C.Cc1nnc(-c2nn3c(c2Cl)CNCCC3)n1C. The van der Waals surface area contributed by atoms with Crippen LogP contribution in [-0.4, -0.2) is 31.1 Å². The molecule has 2 aromatic rings. The molecular weight excluding hydrogens is 264 g/mol. The second kappa shape index (κ2) is 5.30. The van der Waals surface area contributed by atoms with Gasteiger partial charge in [0.2, 0.25) is 0 Å². The van der Waals surface area contributed by atoms with Gasteiger partial charge in [-0.05, 0) is 19.9 Å². The molecule has 3 heterocycles. The monoisotopic (exact) mass is 282 g/mol. The summed E-state index contributed by atoms with van der Waals surface area (Å²) < 4.78 is 3.88. The number of rotatable bonds is 1. The number of nitrogens with one attached hydrogen (secondary N) is 1. The quantitative estimate of drug-likeness (QED) is 0.866. The number of halogens is 1. The minimum absolute atomic E-state index is 0. The third-order valence-electron chi connectivity index (χ3n) is 3.31. The van der Waals surface area contributed by atoms with Crippen LogP contribution in [0.15, 0.2) is 0 Å². The molecule has 0 saturated carbocycles. The first-order chi connectivity index (χ1) is 8.68. The molecule has 0 bridgehead atoms. The molecule has 0 saturated heterocycles. The lowest BCUT2D eigenvalue weighted by Gasteiger charge is -2.00. The van der Waals surface area contributed by atoms with E-state index in [0.29, 0.717) is 5.02 Å². The molecule has 0 atom stereocenters. The highest BCUT2D eigenvalue weighted by molar-refractivity contribution is 6.33. The van der Waals surface area contributed by atoms with Gasteiger partial charge in [0.05, 0.1) is 10.7 Å². The van der Waals surface area contributed by atoms with Gasteiger partial charge in [0.25, 0.3) is 0 Å². The smallest absolute Gasteiger partial charge is 0.185 e. The van der Waals surface area contributed by atoms with E-state index in [1.54, 1.807) is 0 Å². The summed E-state index contributed by atoms with van der Waals surface area (Å²) in [5, 5.41) is 16.8. The van der Waals surface area contributed by atoms with Gasteiger partial charge in [-0.25, -0.2) is 0 Å². The van der Waals surface area contributed by atoms with Gasteiger partial charge >= 0.3 is 0 Å². The van der Waals surface area contributed by atoms with E-state index in [-0.39, 0.29) is 7.43 Å². The first-order valence-electron chi connectivity index (χ1n) is 6.00. The zero-order valence-corrected chi connectivity index (χ0v) is 11.2. The minimum Gasteiger partial charge on any atom is -0.313 e. The summed E-state index contributed by atoms with van der Waals surface area (Å²) in [6.07, 6.45) is 1.06. The maximum atomic E-state index is 6.43. The molecular formula is C12H19ClN6. The number of hydrogen-bond donors (Lipinski definition) is 1. The van der Waals surface area contributed by atoms with Crippen molar-refractivity contribution in [2.24, 2.45) is 7.05 Å². The van der Waals surface area contributed by atoms with Crippen molar-refractivity contribution in [1.82, 2.24) is 29.9 Å². The van der Waals surface area contributed by atoms with E-state index in [2.05, 4.69) is 20.6 Å². The Morgan fingerprint density at radius 2 is 2.11 bits per heavy atom. The Balaban J connectivity index is 0.00000133. The van der Waals surface area contributed by atoms with Crippen molar-refractivity contribution in [1.29, 1.82) is 0 Å². The fourth-order valence-corrected chi connectivity index (χ4v) is 2.43. The first-order valence-corrected chi connectivity index (χ1v) is 6.38. The minimum atomic E-state index is 0. The van der Waals surface area contributed by atoms with Crippen LogP contribution in [0.4, 0.5) is 0 Å². The second-order valence-corrected chi connectivity index (χ2v) is 4.87. The Hall–Kier alpha value is -1.40. The van der Waals surface area contributed by atoms with E-state index in [1.807, 2.05) is 23.2 Å². The largest absolute Gasteiger partial charge is 0.313 e. The van der Waals surface area contributed by atoms with E-state index >= 15 is 0 Å². The highest BCUT2D eigenvalue weighted by Gasteiger charge is 2.22. The van der Waals surface area contributed by atoms with Crippen LogP contribution >= 0.6 is 11.6 Å². The molecule has 0 radical (unpaired) electrons. The van der Waals surface area contributed by atoms with Crippen LogP contribution < -0.4 is 5.32 Å². The lowest BCUT2D eigenvalue weighted by Crippen LogP contribution is -2.12.